The topological polar surface area (TPSA) is 379 Å². The number of allylic oxidation sites excluding steroid dienone is 1. The standard InChI is InChI=1S/C11H10FNO.C9H8FNO5.C9H8FNO2.C9H9FO3.C8H8FNO3.C8H10FNO.C7H6FNO3.C7H7FO.C2H3ClO2.CH3I/c12-9-3-1-8(2-4-9)11-7-10(14)5-6-13-11;1-5-3-6(10)7(11(13)14)4-8(5)16-9(12)15-2;1-6-3-7(10)8(11-5-12)4-9(6)13-2;1-6-5-7(10)3-4-8(6)13-9(11)12-2;1-5-3-6(9)7(10(11)12)4-8(5)13-2;1-5-3-6(9)7(10)4-8(5)11-2;1-4-2-5(8)6(9(11)12)3-7(4)10;1-5-4-6(8)2-3-7(5)9;1-5-2(3)4;1-2/h1-6,11,13H,7H2;3-4H,1-2H3;3-4H,1-2H3;3-5H,1-2H3;3-4H,1-2H3;3-4H,10H2,1-2H3;2-3,10H,1H3;2-4,9H,1H3;1H3;1H3/t11-;;;;;;;;;/m0........./s1. The van der Waals surface area contributed by atoms with Crippen LogP contribution in [0.2, 0.25) is 0 Å². The number of aryl methyl sites for hydroxylation is 7. The average molecular weight is 1660 g/mol. The van der Waals surface area contributed by atoms with Gasteiger partial charge in [-0.1, -0.05) is 34.7 Å². The van der Waals surface area contributed by atoms with Crippen molar-refractivity contribution < 1.29 is 122 Å². The third-order valence-electron chi connectivity index (χ3n) is 13.1. The van der Waals surface area contributed by atoms with Crippen LogP contribution in [0, 0.1) is 125 Å². The fraction of sp³-hybridized carbons (Fsp3) is 0.225. The van der Waals surface area contributed by atoms with Crippen molar-refractivity contribution in [3.63, 3.8) is 0 Å². The van der Waals surface area contributed by atoms with Crippen LogP contribution in [0.15, 0.2) is 139 Å². The predicted molar refractivity (Wildman–Crippen MR) is 388 cm³/mol. The van der Waals surface area contributed by atoms with Gasteiger partial charge in [0.05, 0.1) is 87.4 Å². The van der Waals surface area contributed by atoms with Crippen LogP contribution in [0.1, 0.15) is 57.0 Å². The number of hydrogen-bond acceptors (Lipinski definition) is 24. The van der Waals surface area contributed by atoms with Gasteiger partial charge in [-0.15, -0.1) is 0 Å². The lowest BCUT2D eigenvalue weighted by atomic mass is 9.99. The molecule has 108 heavy (non-hydrogen) atoms. The molecule has 27 nitrogen and oxygen atoms in total. The summed E-state index contributed by atoms with van der Waals surface area (Å²) in [7, 11) is 7.89. The van der Waals surface area contributed by atoms with Crippen molar-refractivity contribution >= 4 is 92.2 Å². The lowest BCUT2D eigenvalue weighted by Crippen LogP contribution is -2.22. The molecule has 0 aliphatic carbocycles. The minimum atomic E-state index is -1.02. The number of aromatic hydroxyl groups is 2. The van der Waals surface area contributed by atoms with Crippen molar-refractivity contribution in [2.45, 2.75) is 60.9 Å². The lowest BCUT2D eigenvalue weighted by Gasteiger charge is -2.19. The first kappa shape index (κ1) is 95.8. The van der Waals surface area contributed by atoms with Crippen molar-refractivity contribution in [2.24, 2.45) is 4.99 Å². The summed E-state index contributed by atoms with van der Waals surface area (Å²) in [5.41, 5.74) is 7.08. The molecular weight excluding hydrogens is 1590 g/mol. The van der Waals surface area contributed by atoms with Crippen molar-refractivity contribution in [2.75, 3.05) is 53.3 Å². The Morgan fingerprint density at radius 2 is 0.880 bits per heavy atom. The zero-order valence-corrected chi connectivity index (χ0v) is 62.7. The minimum Gasteiger partial charge on any atom is -0.508 e. The van der Waals surface area contributed by atoms with E-state index in [2.05, 4.69) is 63.4 Å². The van der Waals surface area contributed by atoms with Crippen LogP contribution in [-0.4, -0.2) is 102 Å². The maximum absolute atomic E-state index is 13.1. The molecule has 0 amide bonds. The van der Waals surface area contributed by atoms with Crippen LogP contribution >= 0.6 is 34.2 Å². The fourth-order valence-electron chi connectivity index (χ4n) is 7.67. The van der Waals surface area contributed by atoms with Gasteiger partial charge in [-0.2, -0.15) is 18.2 Å². The summed E-state index contributed by atoms with van der Waals surface area (Å²) in [6.07, 6.45) is 3.03. The number of aliphatic imine (C=N–C) groups is 1. The number of hydrogen-bond donors (Lipinski definition) is 4. The Morgan fingerprint density at radius 3 is 1.30 bits per heavy atom. The molecule has 1 atom stereocenters. The molecule has 9 rings (SSSR count). The van der Waals surface area contributed by atoms with Crippen molar-refractivity contribution in [1.82, 2.24) is 5.32 Å². The number of benzene rings is 8. The van der Waals surface area contributed by atoms with E-state index in [9.17, 15) is 89.4 Å². The van der Waals surface area contributed by atoms with Crippen LogP contribution in [0.5, 0.6) is 40.2 Å². The van der Waals surface area contributed by atoms with Gasteiger partial charge in [-0.05, 0) is 183 Å². The SMILES string of the molecule is CI.COC(=O)Cl.COC(=O)Oc1cc([N+](=O)[O-])c(F)cc1C.COC(=O)Oc1ccc(F)cc1C.COc1cc(N)c(F)cc1C.COc1cc(N=C=O)c(F)cc1C.COc1cc([N+](=O)[O-])c(F)cc1C.Cc1cc(F)c([N+](=O)[O-])cc1O.Cc1cc(F)ccc1O.O=C1C=CN[C@H](c2ccc(F)cc2)C1. The summed E-state index contributed by atoms with van der Waals surface area (Å²) in [4.78, 5) is 85.3. The van der Waals surface area contributed by atoms with Gasteiger partial charge in [0.15, 0.2) is 5.78 Å². The van der Waals surface area contributed by atoms with Gasteiger partial charge in [0.1, 0.15) is 75.0 Å². The Labute approximate surface area is 631 Å². The molecule has 0 aromatic heterocycles. The van der Waals surface area contributed by atoms with Crippen molar-refractivity contribution in [3.8, 4) is 40.2 Å². The van der Waals surface area contributed by atoms with Crippen molar-refractivity contribution in [1.29, 1.82) is 0 Å². The molecule has 37 heteroatoms. The van der Waals surface area contributed by atoms with Crippen LogP contribution in [-0.2, 0) is 23.8 Å². The molecule has 1 heterocycles. The van der Waals surface area contributed by atoms with Gasteiger partial charge in [0.2, 0.25) is 23.5 Å². The van der Waals surface area contributed by atoms with E-state index >= 15 is 0 Å². The van der Waals surface area contributed by atoms with Gasteiger partial charge in [0.25, 0.3) is 0 Å². The number of ketones is 1. The number of ether oxygens (including phenoxy) is 8. The van der Waals surface area contributed by atoms with E-state index in [1.54, 1.807) is 53.0 Å². The normalized spacial score (nSPS) is 10.8. The Kier molecular flexibility index (Phi) is 43.9. The van der Waals surface area contributed by atoms with E-state index in [1.807, 2.05) is 4.93 Å². The molecule has 0 saturated heterocycles. The summed E-state index contributed by atoms with van der Waals surface area (Å²) in [6.45, 7) is 11.3. The van der Waals surface area contributed by atoms with Gasteiger partial charge in [-0.3, -0.25) is 35.1 Å². The number of halogens is 10. The molecule has 8 aromatic rings. The van der Waals surface area contributed by atoms with E-state index in [0.29, 0.717) is 51.7 Å². The van der Waals surface area contributed by atoms with Gasteiger partial charge in [0, 0.05) is 36.4 Å². The lowest BCUT2D eigenvalue weighted by molar-refractivity contribution is -0.387. The third kappa shape index (κ3) is 34.6. The molecule has 0 bridgehead atoms. The summed E-state index contributed by atoms with van der Waals surface area (Å²) in [5.74, 6) is -3.09. The molecule has 0 spiro atoms. The summed E-state index contributed by atoms with van der Waals surface area (Å²) in [5, 5.41) is 51.8. The van der Waals surface area contributed by atoms with Gasteiger partial charge < -0.3 is 59.2 Å². The third-order valence-corrected chi connectivity index (χ3v) is 13.3. The number of anilines is 1. The highest BCUT2D eigenvalue weighted by Crippen LogP contribution is 2.31. The van der Waals surface area contributed by atoms with Crippen LogP contribution in [0.3, 0.4) is 0 Å². The molecule has 0 saturated carbocycles. The second-order valence-corrected chi connectivity index (χ2v) is 21.0. The molecule has 0 fully saturated rings. The molecule has 0 radical (unpaired) electrons. The molecule has 1 aliphatic rings. The molecule has 0 unspecified atom stereocenters. The fourth-order valence-corrected chi connectivity index (χ4v) is 7.67. The quantitative estimate of drug-likeness (QED) is 0.00803. The number of nitrogens with zero attached hydrogens (tertiary/aromatic N) is 4. The molecule has 1 aliphatic heterocycles. The first-order valence-corrected chi connectivity index (χ1v) is 32.4. The minimum absolute atomic E-state index is 0.0203. The number of isocyanates is 1. The van der Waals surface area contributed by atoms with Gasteiger partial charge in [-0.25, -0.2) is 41.1 Å². The number of carbonyl (C=O) groups excluding carboxylic acids is 5. The number of phenolic OH excluding ortho intramolecular Hbond substituents is 2. The number of nitrogens with two attached hydrogens (primary N) is 1. The highest BCUT2D eigenvalue weighted by atomic mass is 127. The zero-order valence-electron chi connectivity index (χ0n) is 59.8. The monoisotopic (exact) mass is 1660 g/mol. The van der Waals surface area contributed by atoms with Crippen LogP contribution < -0.4 is 34.7 Å². The van der Waals surface area contributed by atoms with Gasteiger partial charge >= 0.3 is 34.8 Å². The smallest absolute Gasteiger partial charge is 0.508 e. The highest BCUT2D eigenvalue weighted by molar-refractivity contribution is 14.1. The maximum atomic E-state index is 13.1. The number of nitrogens with one attached hydrogen (secondary N) is 1. The second kappa shape index (κ2) is 49.5. The number of phenols is 2. The number of nitro benzene ring substituents is 3. The number of methoxy groups -OCH3 is 6. The highest BCUT2D eigenvalue weighted by Gasteiger charge is 2.21. The largest absolute Gasteiger partial charge is 0.513 e. The van der Waals surface area contributed by atoms with Crippen LogP contribution in [0.4, 0.5) is 77.9 Å². The first-order valence-electron chi connectivity index (χ1n) is 29.9. The Bertz CT molecular complexity index is 4410. The molecule has 5 N–H and O–H groups in total. The van der Waals surface area contributed by atoms with Crippen LogP contribution in [0.25, 0.3) is 0 Å². The van der Waals surface area contributed by atoms with E-state index in [4.69, 9.17) is 34.9 Å². The number of nitro groups is 3. The molecule has 582 valence electrons. The van der Waals surface area contributed by atoms with Crippen molar-refractivity contribution in [3.05, 3.63) is 255 Å². The second-order valence-electron chi connectivity index (χ2n) is 20.7. The maximum Gasteiger partial charge on any atom is 0.513 e. The number of rotatable bonds is 10. The average Bonchev–Trinajstić information content (AvgIpc) is 0.849. The van der Waals surface area contributed by atoms with E-state index < -0.39 is 78.7 Å². The molecule has 8 aromatic carbocycles. The summed E-state index contributed by atoms with van der Waals surface area (Å²) in [6, 6.07) is 25.0. The number of carbonyl (C=O) groups is 4. The molecular formula is C71H72ClF8IN6O21. The Hall–Kier alpha value is -12.2. The Morgan fingerprint density at radius 1 is 0.509 bits per heavy atom. The number of alkyl halides is 1. The number of nitrogen functional groups attached to an aromatic ring is 1. The summed E-state index contributed by atoms with van der Waals surface area (Å²) >= 11 is 6.75. The first-order chi connectivity index (χ1) is 50.7. The van der Waals surface area contributed by atoms with E-state index in [0.717, 1.165) is 54.6 Å². The zero-order chi connectivity index (χ0) is 82.8. The summed E-state index contributed by atoms with van der Waals surface area (Å²) < 4.78 is 138. The Balaban J connectivity index is 0.00000120. The van der Waals surface area contributed by atoms with E-state index in [1.165, 1.54) is 134 Å². The predicted octanol–water partition coefficient (Wildman–Crippen LogP) is 17.9. The van der Waals surface area contributed by atoms with E-state index in [-0.39, 0.29) is 69.0 Å².